The Morgan fingerprint density at radius 3 is 2.85 bits per heavy atom. The van der Waals surface area contributed by atoms with E-state index in [1.807, 2.05) is 0 Å². The second-order valence-corrected chi connectivity index (χ2v) is 5.64. The zero-order chi connectivity index (χ0) is 13.5. The van der Waals surface area contributed by atoms with Gasteiger partial charge < -0.3 is 9.88 Å². The maximum Gasteiger partial charge on any atom is 0.0459 e. The molecule has 3 aromatic rings. The molecule has 0 spiro atoms. The number of anilines is 1. The molecule has 2 heteroatoms. The molecule has 0 saturated carbocycles. The van der Waals surface area contributed by atoms with Crippen molar-refractivity contribution in [3.8, 4) is 0 Å². The van der Waals surface area contributed by atoms with E-state index in [-0.39, 0.29) is 0 Å². The molecule has 1 aliphatic heterocycles. The quantitative estimate of drug-likeness (QED) is 0.701. The van der Waals surface area contributed by atoms with Gasteiger partial charge in [0.25, 0.3) is 0 Å². The number of nitrogens with zero attached hydrogens (tertiary/aromatic N) is 1. The minimum Gasteiger partial charge on any atom is -0.367 e. The van der Waals surface area contributed by atoms with Crippen LogP contribution >= 0.6 is 0 Å². The molecule has 0 atom stereocenters. The fraction of sp³-hybridized carbons (Fsp3) is 0.222. The first-order valence-electron chi connectivity index (χ1n) is 7.21. The molecule has 4 rings (SSSR count). The smallest absolute Gasteiger partial charge is 0.0459 e. The lowest BCUT2D eigenvalue weighted by molar-refractivity contribution is 0.726. The van der Waals surface area contributed by atoms with Crippen molar-refractivity contribution in [2.45, 2.75) is 19.9 Å². The predicted molar refractivity (Wildman–Crippen MR) is 84.2 cm³/mol. The molecule has 2 nitrogen and oxygen atoms in total. The zero-order valence-electron chi connectivity index (χ0n) is 11.7. The Balaban J connectivity index is 1.75. The van der Waals surface area contributed by atoms with Crippen LogP contribution in [-0.4, -0.2) is 11.5 Å². The SMILES string of the molecule is Cc1cccc(N2CCc3[nH]c4ccccc4c3C2)c1. The third-order valence-electron chi connectivity index (χ3n) is 4.25. The van der Waals surface area contributed by atoms with Gasteiger partial charge in [-0.2, -0.15) is 0 Å². The Morgan fingerprint density at radius 1 is 1.05 bits per heavy atom. The van der Waals surface area contributed by atoms with Gasteiger partial charge in [0.1, 0.15) is 0 Å². The molecule has 0 unspecified atom stereocenters. The van der Waals surface area contributed by atoms with Gasteiger partial charge in [0, 0.05) is 47.4 Å². The van der Waals surface area contributed by atoms with E-state index in [9.17, 15) is 0 Å². The van der Waals surface area contributed by atoms with Gasteiger partial charge in [-0.1, -0.05) is 30.3 Å². The standard InChI is InChI=1S/C18H18N2/c1-13-5-4-6-14(11-13)20-10-9-18-16(12-20)15-7-2-3-8-17(15)19-18/h2-8,11,19H,9-10,12H2,1H3. The molecule has 2 aromatic carbocycles. The van der Waals surface area contributed by atoms with Crippen LogP contribution in [0.5, 0.6) is 0 Å². The van der Waals surface area contributed by atoms with E-state index in [0.29, 0.717) is 0 Å². The van der Waals surface area contributed by atoms with E-state index in [4.69, 9.17) is 0 Å². The minimum atomic E-state index is 1.00. The average Bonchev–Trinajstić information content (AvgIpc) is 2.85. The highest BCUT2D eigenvalue weighted by Crippen LogP contribution is 2.30. The van der Waals surface area contributed by atoms with Crippen LogP contribution in [-0.2, 0) is 13.0 Å². The lowest BCUT2D eigenvalue weighted by Crippen LogP contribution is -2.30. The van der Waals surface area contributed by atoms with E-state index in [1.165, 1.54) is 33.4 Å². The number of aromatic nitrogens is 1. The van der Waals surface area contributed by atoms with Gasteiger partial charge in [-0.25, -0.2) is 0 Å². The van der Waals surface area contributed by atoms with Crippen molar-refractivity contribution < 1.29 is 0 Å². The molecule has 1 aliphatic rings. The molecule has 0 fully saturated rings. The summed E-state index contributed by atoms with van der Waals surface area (Å²) in [5, 5.41) is 1.37. The number of H-pyrrole nitrogens is 1. The number of benzene rings is 2. The lowest BCUT2D eigenvalue weighted by atomic mass is 10.0. The third kappa shape index (κ3) is 1.80. The molecular weight excluding hydrogens is 244 g/mol. The number of aryl methyl sites for hydroxylation is 1. The molecule has 100 valence electrons. The van der Waals surface area contributed by atoms with Crippen LogP contribution in [0, 0.1) is 6.92 Å². The normalized spacial score (nSPS) is 14.6. The molecule has 0 amide bonds. The van der Waals surface area contributed by atoms with E-state index >= 15 is 0 Å². The zero-order valence-corrected chi connectivity index (χ0v) is 11.7. The van der Waals surface area contributed by atoms with Crippen LogP contribution in [0.2, 0.25) is 0 Å². The van der Waals surface area contributed by atoms with Gasteiger partial charge in [0.2, 0.25) is 0 Å². The van der Waals surface area contributed by atoms with Crippen LogP contribution in [0.15, 0.2) is 48.5 Å². The highest BCUT2D eigenvalue weighted by molar-refractivity contribution is 5.85. The van der Waals surface area contributed by atoms with Crippen LogP contribution < -0.4 is 4.90 Å². The van der Waals surface area contributed by atoms with Crippen LogP contribution in [0.3, 0.4) is 0 Å². The first-order valence-corrected chi connectivity index (χ1v) is 7.21. The monoisotopic (exact) mass is 262 g/mol. The Morgan fingerprint density at radius 2 is 1.95 bits per heavy atom. The average molecular weight is 262 g/mol. The van der Waals surface area contributed by atoms with Gasteiger partial charge in [0.05, 0.1) is 0 Å². The van der Waals surface area contributed by atoms with Gasteiger partial charge in [-0.3, -0.25) is 0 Å². The summed E-state index contributed by atoms with van der Waals surface area (Å²) in [7, 11) is 0. The van der Waals surface area contributed by atoms with Crippen LogP contribution in [0.25, 0.3) is 10.9 Å². The van der Waals surface area contributed by atoms with Crippen molar-refractivity contribution in [1.29, 1.82) is 0 Å². The molecule has 1 N–H and O–H groups in total. The Hall–Kier alpha value is -2.22. The molecule has 0 aliphatic carbocycles. The molecule has 0 saturated heterocycles. The number of nitrogens with one attached hydrogen (secondary N) is 1. The number of rotatable bonds is 1. The van der Waals surface area contributed by atoms with E-state index in [2.05, 4.69) is 65.3 Å². The number of hydrogen-bond acceptors (Lipinski definition) is 1. The van der Waals surface area contributed by atoms with Crippen molar-refractivity contribution in [3.05, 3.63) is 65.4 Å². The third-order valence-corrected chi connectivity index (χ3v) is 4.25. The summed E-state index contributed by atoms with van der Waals surface area (Å²) in [5.41, 5.74) is 6.81. The Kier molecular flexibility index (Phi) is 2.56. The highest BCUT2D eigenvalue weighted by atomic mass is 15.1. The molecule has 20 heavy (non-hydrogen) atoms. The molecule has 0 bridgehead atoms. The van der Waals surface area contributed by atoms with Crippen molar-refractivity contribution in [3.63, 3.8) is 0 Å². The van der Waals surface area contributed by atoms with Gasteiger partial charge in [-0.15, -0.1) is 0 Å². The van der Waals surface area contributed by atoms with Gasteiger partial charge in [0.15, 0.2) is 0 Å². The van der Waals surface area contributed by atoms with Crippen LogP contribution in [0.1, 0.15) is 16.8 Å². The summed E-state index contributed by atoms with van der Waals surface area (Å²) < 4.78 is 0. The summed E-state index contributed by atoms with van der Waals surface area (Å²) in [6.07, 6.45) is 1.10. The number of aromatic amines is 1. The predicted octanol–water partition coefficient (Wildman–Crippen LogP) is 4.04. The highest BCUT2D eigenvalue weighted by Gasteiger charge is 2.20. The summed E-state index contributed by atoms with van der Waals surface area (Å²) in [6, 6.07) is 17.4. The molecule has 0 radical (unpaired) electrons. The topological polar surface area (TPSA) is 19.0 Å². The van der Waals surface area contributed by atoms with Crippen molar-refractivity contribution >= 4 is 16.6 Å². The van der Waals surface area contributed by atoms with E-state index in [1.54, 1.807) is 0 Å². The van der Waals surface area contributed by atoms with Crippen molar-refractivity contribution in [2.75, 3.05) is 11.4 Å². The first kappa shape index (κ1) is 11.6. The second-order valence-electron chi connectivity index (χ2n) is 5.64. The number of para-hydroxylation sites is 1. The fourth-order valence-corrected chi connectivity index (χ4v) is 3.21. The number of fused-ring (bicyclic) bond motifs is 3. The first-order chi connectivity index (χ1) is 9.81. The summed E-state index contributed by atoms with van der Waals surface area (Å²) in [6.45, 7) is 4.25. The lowest BCUT2D eigenvalue weighted by Gasteiger charge is -2.29. The maximum atomic E-state index is 3.57. The molecular formula is C18H18N2. The summed E-state index contributed by atoms with van der Waals surface area (Å²) >= 11 is 0. The van der Waals surface area contributed by atoms with Crippen LogP contribution in [0.4, 0.5) is 5.69 Å². The van der Waals surface area contributed by atoms with Gasteiger partial charge in [-0.05, 0) is 30.7 Å². The second kappa shape index (κ2) is 4.41. The van der Waals surface area contributed by atoms with E-state index in [0.717, 1.165) is 19.5 Å². The Labute approximate surface area is 119 Å². The molecule has 1 aromatic heterocycles. The molecule has 2 heterocycles. The Bertz CT molecular complexity index is 770. The van der Waals surface area contributed by atoms with Crippen molar-refractivity contribution in [2.24, 2.45) is 0 Å². The summed E-state index contributed by atoms with van der Waals surface area (Å²) in [4.78, 5) is 6.05. The summed E-state index contributed by atoms with van der Waals surface area (Å²) in [5.74, 6) is 0. The minimum absolute atomic E-state index is 1.00. The fourth-order valence-electron chi connectivity index (χ4n) is 3.21. The number of hydrogen-bond donors (Lipinski definition) is 1. The maximum absolute atomic E-state index is 3.57. The van der Waals surface area contributed by atoms with E-state index < -0.39 is 0 Å². The largest absolute Gasteiger partial charge is 0.367 e. The van der Waals surface area contributed by atoms with Gasteiger partial charge >= 0.3 is 0 Å². The van der Waals surface area contributed by atoms with Crippen molar-refractivity contribution in [1.82, 2.24) is 4.98 Å².